The number of esters is 1. The molecule has 0 atom stereocenters. The molecule has 1 saturated heterocycles. The molecule has 0 spiro atoms. The fourth-order valence-electron chi connectivity index (χ4n) is 2.02. The molecule has 1 aliphatic heterocycles. The number of ether oxygens (including phenoxy) is 1. The normalized spacial score (nSPS) is 33.0. The van der Waals surface area contributed by atoms with Crippen molar-refractivity contribution in [2.24, 2.45) is 5.41 Å². The Morgan fingerprint density at radius 2 is 1.94 bits per heavy atom. The monoisotopic (exact) mass is 262 g/mol. The lowest BCUT2D eigenvalue weighted by molar-refractivity contribution is -0.161. The Bertz CT molecular complexity index is 396. The van der Waals surface area contributed by atoms with E-state index in [-0.39, 0.29) is 25.9 Å². The molecule has 17 heavy (non-hydrogen) atoms. The molecule has 0 bridgehead atoms. The minimum atomic E-state index is -2.14. The standard InChI is InChI=1S/C11H18O5S/c1-3-16-10(14)11(8-9(12)13)4-6-17(2,15)7-5-11/h2-8H2,1H3,(H,12,13). The van der Waals surface area contributed by atoms with Crippen LogP contribution in [0.15, 0.2) is 0 Å². The van der Waals surface area contributed by atoms with E-state index in [4.69, 9.17) is 9.84 Å². The van der Waals surface area contributed by atoms with Gasteiger partial charge in [0.1, 0.15) is 0 Å². The molecule has 98 valence electrons. The molecule has 1 N–H and O–H groups in total. The van der Waals surface area contributed by atoms with E-state index in [2.05, 4.69) is 5.87 Å². The summed E-state index contributed by atoms with van der Waals surface area (Å²) >= 11 is 0. The van der Waals surface area contributed by atoms with Gasteiger partial charge in [-0.3, -0.25) is 13.8 Å². The van der Waals surface area contributed by atoms with Gasteiger partial charge in [-0.2, -0.15) is 0 Å². The molecule has 0 aliphatic carbocycles. The van der Waals surface area contributed by atoms with Gasteiger partial charge in [-0.25, -0.2) is 0 Å². The lowest BCUT2D eigenvalue weighted by atomic mass is 9.79. The minimum absolute atomic E-state index is 0.222. The molecule has 0 aromatic carbocycles. The predicted octanol–water partition coefficient (Wildman–Crippen LogP) is 0.521. The van der Waals surface area contributed by atoms with Crippen molar-refractivity contribution in [1.82, 2.24) is 0 Å². The van der Waals surface area contributed by atoms with E-state index in [1.807, 2.05) is 0 Å². The van der Waals surface area contributed by atoms with E-state index in [1.165, 1.54) is 0 Å². The third-order valence-electron chi connectivity index (χ3n) is 3.10. The van der Waals surface area contributed by atoms with Gasteiger partial charge in [-0.15, -0.1) is 0 Å². The maximum atomic E-state index is 11.9. The average Bonchev–Trinajstić information content (AvgIpc) is 2.21. The van der Waals surface area contributed by atoms with Crippen LogP contribution in [-0.4, -0.2) is 45.2 Å². The van der Waals surface area contributed by atoms with Crippen molar-refractivity contribution < 1.29 is 23.6 Å². The zero-order valence-electron chi connectivity index (χ0n) is 9.94. The van der Waals surface area contributed by atoms with Gasteiger partial charge in [0, 0.05) is 11.5 Å². The van der Waals surface area contributed by atoms with Crippen molar-refractivity contribution in [2.45, 2.75) is 26.2 Å². The summed E-state index contributed by atoms with van der Waals surface area (Å²) in [6, 6.07) is 0. The fourth-order valence-corrected chi connectivity index (χ4v) is 3.75. The summed E-state index contributed by atoms with van der Waals surface area (Å²) in [5.74, 6) is 2.67. The number of carbonyl (C=O) groups excluding carboxylic acids is 1. The zero-order chi connectivity index (χ0) is 13.1. The van der Waals surface area contributed by atoms with Crippen LogP contribution in [0.2, 0.25) is 0 Å². The molecule has 1 heterocycles. The quantitative estimate of drug-likeness (QED) is 0.590. The number of hydrogen-bond acceptors (Lipinski definition) is 4. The summed E-state index contributed by atoms with van der Waals surface area (Å²) in [6.45, 7) is 1.90. The minimum Gasteiger partial charge on any atom is -0.481 e. The van der Waals surface area contributed by atoms with Crippen LogP contribution in [0.1, 0.15) is 26.2 Å². The second-order valence-electron chi connectivity index (χ2n) is 4.45. The number of aliphatic carboxylic acids is 1. The van der Waals surface area contributed by atoms with Crippen LogP contribution < -0.4 is 0 Å². The SMILES string of the molecule is C=S1(=O)CCC(CC(=O)O)(C(=O)OCC)CC1. The van der Waals surface area contributed by atoms with Crippen LogP contribution >= 0.6 is 0 Å². The first kappa shape index (κ1) is 14.0. The Morgan fingerprint density at radius 3 is 2.35 bits per heavy atom. The maximum Gasteiger partial charge on any atom is 0.312 e. The summed E-state index contributed by atoms with van der Waals surface area (Å²) in [4.78, 5) is 22.7. The number of carbonyl (C=O) groups is 2. The highest BCUT2D eigenvalue weighted by molar-refractivity contribution is 8.00. The van der Waals surface area contributed by atoms with Crippen molar-refractivity contribution in [2.75, 3.05) is 18.1 Å². The van der Waals surface area contributed by atoms with Gasteiger partial charge in [0.15, 0.2) is 0 Å². The molecule has 0 amide bonds. The zero-order valence-corrected chi connectivity index (χ0v) is 10.8. The third-order valence-corrected chi connectivity index (χ3v) is 5.00. The lowest BCUT2D eigenvalue weighted by Gasteiger charge is -2.34. The van der Waals surface area contributed by atoms with Crippen molar-refractivity contribution >= 4 is 27.3 Å². The van der Waals surface area contributed by atoms with E-state index in [0.717, 1.165) is 0 Å². The van der Waals surface area contributed by atoms with Gasteiger partial charge < -0.3 is 9.84 Å². The van der Waals surface area contributed by atoms with E-state index in [0.29, 0.717) is 11.5 Å². The first-order valence-corrected chi connectivity index (χ1v) is 7.59. The number of carboxylic acid groups (broad SMARTS) is 1. The summed E-state index contributed by atoms with van der Waals surface area (Å²) in [6.07, 6.45) is 0.294. The highest BCUT2D eigenvalue weighted by atomic mass is 32.2. The highest BCUT2D eigenvalue weighted by Gasteiger charge is 2.44. The summed E-state index contributed by atoms with van der Waals surface area (Å²) < 4.78 is 16.7. The Kier molecular flexibility index (Phi) is 4.19. The van der Waals surface area contributed by atoms with Gasteiger partial charge in [-0.05, 0) is 35.2 Å². The van der Waals surface area contributed by atoms with Crippen molar-refractivity contribution in [3.05, 3.63) is 0 Å². The van der Waals surface area contributed by atoms with Crippen LogP contribution in [0.4, 0.5) is 0 Å². The predicted molar refractivity (Wildman–Crippen MR) is 65.6 cm³/mol. The molecule has 1 aliphatic rings. The molecule has 0 aromatic heterocycles. The van der Waals surface area contributed by atoms with Crippen LogP contribution in [-0.2, 0) is 23.8 Å². The number of rotatable bonds is 4. The van der Waals surface area contributed by atoms with Crippen molar-refractivity contribution in [3.63, 3.8) is 0 Å². The Morgan fingerprint density at radius 1 is 1.41 bits per heavy atom. The Labute approximate surface area is 101 Å². The summed E-state index contributed by atoms with van der Waals surface area (Å²) in [7, 11) is -2.14. The van der Waals surface area contributed by atoms with Gasteiger partial charge in [0.2, 0.25) is 0 Å². The Balaban J connectivity index is 2.89. The number of hydrogen-bond donors (Lipinski definition) is 1. The van der Waals surface area contributed by atoms with E-state index in [9.17, 15) is 13.8 Å². The van der Waals surface area contributed by atoms with Crippen LogP contribution in [0.3, 0.4) is 0 Å². The maximum absolute atomic E-state index is 11.9. The first-order valence-electron chi connectivity index (χ1n) is 5.53. The largest absolute Gasteiger partial charge is 0.481 e. The van der Waals surface area contributed by atoms with Gasteiger partial charge >= 0.3 is 11.9 Å². The second kappa shape index (κ2) is 5.08. The van der Waals surface area contributed by atoms with Gasteiger partial charge in [-0.1, -0.05) is 0 Å². The molecule has 0 saturated carbocycles. The molecular weight excluding hydrogens is 244 g/mol. The molecule has 0 unspecified atom stereocenters. The molecule has 5 nitrogen and oxygen atoms in total. The van der Waals surface area contributed by atoms with E-state index < -0.39 is 26.9 Å². The molecule has 0 aromatic rings. The topological polar surface area (TPSA) is 80.7 Å². The van der Waals surface area contributed by atoms with Crippen molar-refractivity contribution in [1.29, 1.82) is 0 Å². The lowest BCUT2D eigenvalue weighted by Crippen LogP contribution is -2.42. The smallest absolute Gasteiger partial charge is 0.312 e. The Hall–Kier alpha value is -1.04. The van der Waals surface area contributed by atoms with Crippen molar-refractivity contribution in [3.8, 4) is 0 Å². The molecular formula is C11H18O5S. The molecule has 1 rings (SSSR count). The van der Waals surface area contributed by atoms with Crippen LogP contribution in [0.5, 0.6) is 0 Å². The number of carboxylic acids is 1. The van der Waals surface area contributed by atoms with Gasteiger partial charge in [0.25, 0.3) is 0 Å². The van der Waals surface area contributed by atoms with Crippen LogP contribution in [0.25, 0.3) is 0 Å². The average molecular weight is 262 g/mol. The third kappa shape index (κ3) is 3.46. The molecule has 1 fully saturated rings. The van der Waals surface area contributed by atoms with Gasteiger partial charge in [0.05, 0.1) is 18.4 Å². The van der Waals surface area contributed by atoms with E-state index in [1.54, 1.807) is 6.92 Å². The van der Waals surface area contributed by atoms with Crippen LogP contribution in [0, 0.1) is 5.41 Å². The fraction of sp³-hybridized carbons (Fsp3) is 0.727. The second-order valence-corrected chi connectivity index (χ2v) is 7.19. The summed E-state index contributed by atoms with van der Waals surface area (Å²) in [5, 5.41) is 8.88. The van der Waals surface area contributed by atoms with E-state index >= 15 is 0 Å². The highest BCUT2D eigenvalue weighted by Crippen LogP contribution is 2.37. The molecule has 0 radical (unpaired) electrons. The molecule has 6 heteroatoms. The summed E-state index contributed by atoms with van der Waals surface area (Å²) in [5.41, 5.74) is -1.01. The first-order chi connectivity index (χ1) is 7.81.